The van der Waals surface area contributed by atoms with Crippen LogP contribution in [-0.2, 0) is 9.59 Å². The van der Waals surface area contributed by atoms with E-state index in [0.717, 1.165) is 25.0 Å². The highest BCUT2D eigenvalue weighted by Crippen LogP contribution is 2.34. The number of nitrogens with one attached hydrogen (secondary N) is 1. The molecule has 1 amide bonds. The van der Waals surface area contributed by atoms with Crippen molar-refractivity contribution in [2.24, 2.45) is 5.92 Å². The minimum atomic E-state index is 0.0677. The van der Waals surface area contributed by atoms with Crippen LogP contribution in [-0.4, -0.2) is 28.7 Å². The van der Waals surface area contributed by atoms with Crippen LogP contribution in [0.25, 0.3) is 0 Å². The summed E-state index contributed by atoms with van der Waals surface area (Å²) in [6, 6.07) is 0.315. The Morgan fingerprint density at radius 2 is 2.00 bits per heavy atom. The molecule has 98 valence electrons. The first-order valence-electron chi connectivity index (χ1n) is 6.39. The minimum absolute atomic E-state index is 0.0677. The van der Waals surface area contributed by atoms with Gasteiger partial charge in [0.25, 0.3) is 0 Å². The van der Waals surface area contributed by atoms with Crippen molar-refractivity contribution in [1.29, 1.82) is 0 Å². The van der Waals surface area contributed by atoms with Crippen LogP contribution in [0.3, 0.4) is 0 Å². The molecule has 1 fully saturated rings. The Balaban J connectivity index is 2.31. The predicted molar refractivity (Wildman–Crippen MR) is 72.2 cm³/mol. The average Bonchev–Trinajstić information content (AvgIpc) is 2.55. The van der Waals surface area contributed by atoms with Gasteiger partial charge in [0.1, 0.15) is 5.78 Å². The average molecular weight is 257 g/mol. The molecular formula is C13H23NO2S. The number of rotatable bonds is 6. The molecular weight excluding hydrogens is 234 g/mol. The van der Waals surface area contributed by atoms with Crippen molar-refractivity contribution in [1.82, 2.24) is 5.32 Å². The van der Waals surface area contributed by atoms with Gasteiger partial charge in [-0.05, 0) is 31.4 Å². The lowest BCUT2D eigenvalue weighted by Gasteiger charge is -2.22. The van der Waals surface area contributed by atoms with Crippen molar-refractivity contribution in [3.05, 3.63) is 0 Å². The molecule has 0 saturated carbocycles. The van der Waals surface area contributed by atoms with E-state index in [1.54, 1.807) is 13.8 Å². The van der Waals surface area contributed by atoms with Gasteiger partial charge in [-0.15, -0.1) is 0 Å². The molecule has 3 atom stereocenters. The van der Waals surface area contributed by atoms with Gasteiger partial charge in [0, 0.05) is 24.6 Å². The van der Waals surface area contributed by atoms with Gasteiger partial charge < -0.3 is 10.1 Å². The van der Waals surface area contributed by atoms with Gasteiger partial charge in [0.05, 0.1) is 0 Å². The standard InChI is InChI=1S/C13H23NO2S/c1-9-8-17-12(13(9)14-11(3)16)7-5-4-6-10(2)15/h9,12-13H,4-8H2,1-3H3,(H,14,16)/t9-,12-,13-/m0/s1. The van der Waals surface area contributed by atoms with E-state index >= 15 is 0 Å². The first-order chi connectivity index (χ1) is 8.00. The molecule has 0 bridgehead atoms. The number of unbranched alkanes of at least 4 members (excludes halogenated alkanes) is 1. The van der Waals surface area contributed by atoms with Crippen LogP contribution in [0.5, 0.6) is 0 Å². The SMILES string of the molecule is CC(=O)CCCC[C@@H]1SC[C@H](C)[C@@H]1NC(C)=O. The number of carbonyl (C=O) groups excluding carboxylic acids is 2. The molecule has 0 unspecified atom stereocenters. The zero-order valence-corrected chi connectivity index (χ0v) is 11.8. The van der Waals surface area contributed by atoms with Gasteiger partial charge in [0.15, 0.2) is 0 Å². The maximum Gasteiger partial charge on any atom is 0.217 e. The van der Waals surface area contributed by atoms with E-state index in [1.165, 1.54) is 0 Å². The normalized spacial score (nSPS) is 28.1. The molecule has 1 N–H and O–H groups in total. The number of ketones is 1. The Morgan fingerprint density at radius 1 is 1.29 bits per heavy atom. The van der Waals surface area contributed by atoms with Gasteiger partial charge in [-0.25, -0.2) is 0 Å². The summed E-state index contributed by atoms with van der Waals surface area (Å²) in [6.45, 7) is 5.43. The first-order valence-corrected chi connectivity index (χ1v) is 7.43. The molecule has 0 radical (unpaired) electrons. The lowest BCUT2D eigenvalue weighted by Crippen LogP contribution is -2.41. The molecule has 1 aliphatic heterocycles. The summed E-state index contributed by atoms with van der Waals surface area (Å²) in [5, 5.41) is 3.59. The van der Waals surface area contributed by atoms with Crippen molar-refractivity contribution < 1.29 is 9.59 Å². The smallest absolute Gasteiger partial charge is 0.217 e. The largest absolute Gasteiger partial charge is 0.352 e. The summed E-state index contributed by atoms with van der Waals surface area (Å²) >= 11 is 1.96. The van der Waals surface area contributed by atoms with Crippen LogP contribution in [0.4, 0.5) is 0 Å². The number of Topliss-reactive ketones (excluding diaryl/α,β-unsaturated/α-hetero) is 1. The molecule has 0 aromatic heterocycles. The predicted octanol–water partition coefficient (Wildman–Crippen LogP) is 2.39. The molecule has 17 heavy (non-hydrogen) atoms. The Morgan fingerprint density at radius 3 is 2.59 bits per heavy atom. The maximum atomic E-state index is 11.1. The Bertz CT molecular complexity index is 281. The molecule has 0 spiro atoms. The Hall–Kier alpha value is -0.510. The van der Waals surface area contributed by atoms with E-state index in [1.807, 2.05) is 11.8 Å². The number of carbonyl (C=O) groups is 2. The zero-order chi connectivity index (χ0) is 12.8. The van der Waals surface area contributed by atoms with Crippen LogP contribution >= 0.6 is 11.8 Å². The third-order valence-electron chi connectivity index (χ3n) is 3.22. The van der Waals surface area contributed by atoms with E-state index in [9.17, 15) is 9.59 Å². The molecule has 1 saturated heterocycles. The van der Waals surface area contributed by atoms with E-state index in [-0.39, 0.29) is 11.7 Å². The first kappa shape index (κ1) is 14.6. The minimum Gasteiger partial charge on any atom is -0.352 e. The second kappa shape index (κ2) is 7.04. The highest BCUT2D eigenvalue weighted by Gasteiger charge is 2.33. The number of thioether (sulfide) groups is 1. The van der Waals surface area contributed by atoms with Gasteiger partial charge in [-0.1, -0.05) is 13.3 Å². The van der Waals surface area contributed by atoms with Crippen molar-refractivity contribution in [3.8, 4) is 0 Å². The van der Waals surface area contributed by atoms with Gasteiger partial charge in [0.2, 0.25) is 5.91 Å². The zero-order valence-electron chi connectivity index (χ0n) is 11.0. The fourth-order valence-electron chi connectivity index (χ4n) is 2.30. The monoisotopic (exact) mass is 257 g/mol. The van der Waals surface area contributed by atoms with Crippen molar-refractivity contribution in [3.63, 3.8) is 0 Å². The quantitative estimate of drug-likeness (QED) is 0.743. The van der Waals surface area contributed by atoms with Gasteiger partial charge in [-0.2, -0.15) is 11.8 Å². The van der Waals surface area contributed by atoms with E-state index in [0.29, 0.717) is 23.6 Å². The molecule has 4 heteroatoms. The molecule has 1 rings (SSSR count). The summed E-state index contributed by atoms with van der Waals surface area (Å²) < 4.78 is 0. The molecule has 1 aliphatic rings. The number of hydrogen-bond donors (Lipinski definition) is 1. The van der Waals surface area contributed by atoms with Crippen LogP contribution in [0.2, 0.25) is 0 Å². The number of amides is 1. The van der Waals surface area contributed by atoms with Crippen molar-refractivity contribution in [2.45, 2.75) is 57.7 Å². The van der Waals surface area contributed by atoms with E-state index in [4.69, 9.17) is 0 Å². The topological polar surface area (TPSA) is 46.2 Å². The summed E-state index contributed by atoms with van der Waals surface area (Å²) in [7, 11) is 0. The summed E-state index contributed by atoms with van der Waals surface area (Å²) in [5.41, 5.74) is 0. The van der Waals surface area contributed by atoms with Gasteiger partial charge >= 0.3 is 0 Å². The third-order valence-corrected chi connectivity index (χ3v) is 4.90. The molecule has 3 nitrogen and oxygen atoms in total. The van der Waals surface area contributed by atoms with Crippen LogP contribution in [0, 0.1) is 5.92 Å². The summed E-state index contributed by atoms with van der Waals surface area (Å²) in [5.74, 6) is 2.03. The van der Waals surface area contributed by atoms with Crippen molar-refractivity contribution in [2.75, 3.05) is 5.75 Å². The lowest BCUT2D eigenvalue weighted by molar-refractivity contribution is -0.120. The Kier molecular flexibility index (Phi) is 6.03. The summed E-state index contributed by atoms with van der Waals surface area (Å²) in [4.78, 5) is 22.0. The van der Waals surface area contributed by atoms with Crippen LogP contribution < -0.4 is 5.32 Å². The molecule has 0 aromatic rings. The second-order valence-electron chi connectivity index (χ2n) is 5.02. The second-order valence-corrected chi connectivity index (χ2v) is 6.30. The van der Waals surface area contributed by atoms with Gasteiger partial charge in [-0.3, -0.25) is 4.79 Å². The molecule has 0 aliphatic carbocycles. The van der Waals surface area contributed by atoms with Crippen molar-refractivity contribution >= 4 is 23.5 Å². The maximum absolute atomic E-state index is 11.1. The van der Waals surface area contributed by atoms with E-state index in [2.05, 4.69) is 12.2 Å². The molecule has 1 heterocycles. The van der Waals surface area contributed by atoms with Crippen LogP contribution in [0.15, 0.2) is 0 Å². The highest BCUT2D eigenvalue weighted by molar-refractivity contribution is 8.00. The summed E-state index contributed by atoms with van der Waals surface area (Å²) in [6.07, 6.45) is 3.86. The number of hydrogen-bond acceptors (Lipinski definition) is 3. The highest BCUT2D eigenvalue weighted by atomic mass is 32.2. The van der Waals surface area contributed by atoms with E-state index < -0.39 is 0 Å². The third kappa shape index (κ3) is 5.11. The fourth-order valence-corrected chi connectivity index (χ4v) is 3.94. The lowest BCUT2D eigenvalue weighted by atomic mass is 9.97. The Labute approximate surface area is 108 Å². The fraction of sp³-hybridized carbons (Fsp3) is 0.846. The van der Waals surface area contributed by atoms with Crippen LogP contribution in [0.1, 0.15) is 46.5 Å². The molecule has 0 aromatic carbocycles.